The zero-order valence-electron chi connectivity index (χ0n) is 12.4. The molecule has 1 aliphatic rings. The van der Waals surface area contributed by atoms with Crippen LogP contribution in [0.2, 0.25) is 0 Å². The summed E-state index contributed by atoms with van der Waals surface area (Å²) in [7, 11) is 0. The molecule has 1 unspecified atom stereocenters. The van der Waals surface area contributed by atoms with E-state index < -0.39 is 17.4 Å². The number of carbonyl (C=O) groups excluding carboxylic acids is 2. The number of hydrogen-bond acceptors (Lipinski definition) is 3. The quantitative estimate of drug-likeness (QED) is 0.675. The van der Waals surface area contributed by atoms with Crippen LogP contribution in [-0.4, -0.2) is 35.5 Å². The van der Waals surface area contributed by atoms with Crippen molar-refractivity contribution in [1.82, 2.24) is 10.6 Å². The molecule has 6 heteroatoms. The summed E-state index contributed by atoms with van der Waals surface area (Å²) < 4.78 is 0. The Balaban J connectivity index is 2.64. The number of nitrogens with one attached hydrogen (secondary N) is 2. The standard InChI is InChI=1S/C14H24N2O4/c1-9(2)11(16-10(3)17)12(18)15-8-14(13(19)20)6-4-5-7-14/h9,11H,4-8H2,1-3H3,(H,15,18)(H,16,17)(H,19,20). The molecule has 0 aromatic heterocycles. The van der Waals surface area contributed by atoms with Crippen molar-refractivity contribution < 1.29 is 19.5 Å². The van der Waals surface area contributed by atoms with Gasteiger partial charge in [-0.2, -0.15) is 0 Å². The molecule has 0 aromatic rings. The third kappa shape index (κ3) is 3.95. The smallest absolute Gasteiger partial charge is 0.311 e. The summed E-state index contributed by atoms with van der Waals surface area (Å²) in [6.45, 7) is 5.16. The summed E-state index contributed by atoms with van der Waals surface area (Å²) >= 11 is 0. The zero-order valence-corrected chi connectivity index (χ0v) is 12.4. The van der Waals surface area contributed by atoms with Gasteiger partial charge in [0.05, 0.1) is 5.41 Å². The van der Waals surface area contributed by atoms with E-state index in [-0.39, 0.29) is 24.3 Å². The second-order valence-electron chi connectivity index (χ2n) is 5.93. The van der Waals surface area contributed by atoms with E-state index in [1.165, 1.54) is 6.92 Å². The lowest BCUT2D eigenvalue weighted by atomic mass is 9.86. The molecule has 1 saturated carbocycles. The van der Waals surface area contributed by atoms with E-state index in [9.17, 15) is 19.5 Å². The second kappa shape index (κ2) is 6.72. The van der Waals surface area contributed by atoms with E-state index in [2.05, 4.69) is 10.6 Å². The van der Waals surface area contributed by atoms with Gasteiger partial charge in [-0.25, -0.2) is 0 Å². The normalized spacial score (nSPS) is 18.6. The molecular formula is C14H24N2O4. The number of amides is 2. The highest BCUT2D eigenvalue weighted by Crippen LogP contribution is 2.37. The van der Waals surface area contributed by atoms with E-state index in [1.807, 2.05) is 13.8 Å². The SMILES string of the molecule is CC(=O)NC(C(=O)NCC1(C(=O)O)CCCC1)C(C)C. The van der Waals surface area contributed by atoms with Gasteiger partial charge in [-0.1, -0.05) is 26.7 Å². The maximum Gasteiger partial charge on any atom is 0.311 e. The molecule has 3 N–H and O–H groups in total. The third-order valence-corrected chi connectivity index (χ3v) is 3.92. The molecule has 0 aliphatic heterocycles. The first-order valence-electron chi connectivity index (χ1n) is 7.07. The summed E-state index contributed by atoms with van der Waals surface area (Å²) in [6.07, 6.45) is 2.94. The van der Waals surface area contributed by atoms with Crippen molar-refractivity contribution in [3.8, 4) is 0 Å². The lowest BCUT2D eigenvalue weighted by Gasteiger charge is -2.27. The van der Waals surface area contributed by atoms with Gasteiger partial charge in [0.15, 0.2) is 0 Å². The molecule has 0 saturated heterocycles. The molecule has 114 valence electrons. The monoisotopic (exact) mass is 284 g/mol. The highest BCUT2D eigenvalue weighted by atomic mass is 16.4. The van der Waals surface area contributed by atoms with Crippen molar-refractivity contribution >= 4 is 17.8 Å². The van der Waals surface area contributed by atoms with Crippen LogP contribution in [0.15, 0.2) is 0 Å². The Morgan fingerprint density at radius 2 is 1.75 bits per heavy atom. The Morgan fingerprint density at radius 3 is 2.15 bits per heavy atom. The maximum atomic E-state index is 12.1. The highest BCUT2D eigenvalue weighted by Gasteiger charge is 2.41. The van der Waals surface area contributed by atoms with Crippen LogP contribution in [0.1, 0.15) is 46.5 Å². The van der Waals surface area contributed by atoms with Crippen LogP contribution in [0.4, 0.5) is 0 Å². The van der Waals surface area contributed by atoms with Gasteiger partial charge in [0.2, 0.25) is 11.8 Å². The van der Waals surface area contributed by atoms with Crippen LogP contribution in [0, 0.1) is 11.3 Å². The van der Waals surface area contributed by atoms with Crippen LogP contribution in [0.5, 0.6) is 0 Å². The molecule has 1 rings (SSSR count). The van der Waals surface area contributed by atoms with E-state index in [1.54, 1.807) is 0 Å². The number of carboxylic acids is 1. The van der Waals surface area contributed by atoms with Crippen LogP contribution < -0.4 is 10.6 Å². The number of aliphatic carboxylic acids is 1. The minimum Gasteiger partial charge on any atom is -0.481 e. The lowest BCUT2D eigenvalue weighted by Crippen LogP contribution is -2.52. The molecule has 1 fully saturated rings. The molecule has 2 amide bonds. The van der Waals surface area contributed by atoms with Gasteiger partial charge in [-0.15, -0.1) is 0 Å². The number of carboxylic acid groups (broad SMARTS) is 1. The van der Waals surface area contributed by atoms with Crippen molar-refractivity contribution in [3.05, 3.63) is 0 Å². The Kier molecular flexibility index (Phi) is 5.53. The van der Waals surface area contributed by atoms with Crippen molar-refractivity contribution in [3.63, 3.8) is 0 Å². The van der Waals surface area contributed by atoms with Gasteiger partial charge < -0.3 is 15.7 Å². The fraction of sp³-hybridized carbons (Fsp3) is 0.786. The molecule has 0 bridgehead atoms. The predicted molar refractivity (Wildman–Crippen MR) is 74.0 cm³/mol. The fourth-order valence-electron chi connectivity index (χ4n) is 2.64. The minimum atomic E-state index is -0.851. The number of hydrogen-bond donors (Lipinski definition) is 3. The van der Waals surface area contributed by atoms with Crippen molar-refractivity contribution in [2.45, 2.75) is 52.5 Å². The summed E-state index contributed by atoms with van der Waals surface area (Å²) in [6, 6.07) is -0.625. The van der Waals surface area contributed by atoms with Gasteiger partial charge in [0, 0.05) is 13.5 Å². The largest absolute Gasteiger partial charge is 0.481 e. The van der Waals surface area contributed by atoms with Gasteiger partial charge in [0.1, 0.15) is 6.04 Å². The van der Waals surface area contributed by atoms with Gasteiger partial charge in [-0.3, -0.25) is 14.4 Å². The van der Waals surface area contributed by atoms with E-state index in [0.717, 1.165) is 12.8 Å². The molecule has 20 heavy (non-hydrogen) atoms. The Bertz CT molecular complexity index is 387. The first-order valence-corrected chi connectivity index (χ1v) is 7.07. The molecule has 0 spiro atoms. The molecule has 6 nitrogen and oxygen atoms in total. The Morgan fingerprint density at radius 1 is 1.20 bits per heavy atom. The summed E-state index contributed by atoms with van der Waals surface area (Å²) in [5.74, 6) is -1.49. The zero-order chi connectivity index (χ0) is 15.3. The second-order valence-corrected chi connectivity index (χ2v) is 5.93. The highest BCUT2D eigenvalue weighted by molar-refractivity contribution is 5.87. The van der Waals surface area contributed by atoms with Crippen LogP contribution in [0.3, 0.4) is 0 Å². The first kappa shape index (κ1) is 16.5. The average molecular weight is 284 g/mol. The molecular weight excluding hydrogens is 260 g/mol. The summed E-state index contributed by atoms with van der Waals surface area (Å²) in [5.41, 5.74) is -0.840. The van der Waals surface area contributed by atoms with Crippen molar-refractivity contribution in [2.75, 3.05) is 6.54 Å². The Hall–Kier alpha value is -1.59. The predicted octanol–water partition coefficient (Wildman–Crippen LogP) is 0.908. The summed E-state index contributed by atoms with van der Waals surface area (Å²) in [4.78, 5) is 34.6. The molecule has 1 aliphatic carbocycles. The van der Waals surface area contributed by atoms with Gasteiger partial charge >= 0.3 is 5.97 Å². The van der Waals surface area contributed by atoms with Gasteiger partial charge in [-0.05, 0) is 18.8 Å². The van der Waals surface area contributed by atoms with E-state index in [4.69, 9.17) is 0 Å². The van der Waals surface area contributed by atoms with Crippen molar-refractivity contribution in [1.29, 1.82) is 0 Å². The fourth-order valence-corrected chi connectivity index (χ4v) is 2.64. The number of carbonyl (C=O) groups is 3. The maximum absolute atomic E-state index is 12.1. The van der Waals surface area contributed by atoms with Crippen LogP contribution >= 0.6 is 0 Å². The molecule has 0 aromatic carbocycles. The van der Waals surface area contributed by atoms with E-state index in [0.29, 0.717) is 12.8 Å². The average Bonchev–Trinajstić information content (AvgIpc) is 2.82. The molecule has 0 heterocycles. The Labute approximate surface area is 119 Å². The first-order chi connectivity index (χ1) is 9.28. The third-order valence-electron chi connectivity index (χ3n) is 3.92. The lowest BCUT2D eigenvalue weighted by molar-refractivity contribution is -0.148. The molecule has 1 atom stereocenters. The van der Waals surface area contributed by atoms with Crippen LogP contribution in [-0.2, 0) is 14.4 Å². The topological polar surface area (TPSA) is 95.5 Å². The van der Waals surface area contributed by atoms with Crippen LogP contribution in [0.25, 0.3) is 0 Å². The van der Waals surface area contributed by atoms with Crippen molar-refractivity contribution in [2.24, 2.45) is 11.3 Å². The minimum absolute atomic E-state index is 0.0525. The van der Waals surface area contributed by atoms with E-state index >= 15 is 0 Å². The number of rotatable bonds is 6. The summed E-state index contributed by atoms with van der Waals surface area (Å²) in [5, 5.41) is 14.6. The molecule has 0 radical (unpaired) electrons. The van der Waals surface area contributed by atoms with Gasteiger partial charge in [0.25, 0.3) is 0 Å².